The van der Waals surface area contributed by atoms with Crippen LogP contribution in [0.5, 0.6) is 5.88 Å². The molecule has 0 radical (unpaired) electrons. The highest BCUT2D eigenvalue weighted by molar-refractivity contribution is 7.91. The van der Waals surface area contributed by atoms with Gasteiger partial charge in [-0.05, 0) is 43.3 Å². The SMILES string of the molecule is CCOc1ncccc1C(=O)Nc1cccc(-c2ccc(S(=O)(=O)CC)nn2)c1. The molecule has 3 rings (SSSR count). The zero-order chi connectivity index (χ0) is 20.9. The third-order valence-corrected chi connectivity index (χ3v) is 5.67. The van der Waals surface area contributed by atoms with Crippen LogP contribution in [0.2, 0.25) is 0 Å². The molecular formula is C20H20N4O4S. The van der Waals surface area contributed by atoms with Crippen molar-refractivity contribution in [2.45, 2.75) is 18.9 Å². The number of hydrogen-bond acceptors (Lipinski definition) is 7. The van der Waals surface area contributed by atoms with Crippen molar-refractivity contribution in [2.24, 2.45) is 0 Å². The highest BCUT2D eigenvalue weighted by Gasteiger charge is 2.15. The van der Waals surface area contributed by atoms with Gasteiger partial charge in [0.1, 0.15) is 5.56 Å². The van der Waals surface area contributed by atoms with Gasteiger partial charge >= 0.3 is 0 Å². The number of nitrogens with zero attached hydrogens (tertiary/aromatic N) is 3. The minimum Gasteiger partial charge on any atom is -0.477 e. The first-order chi connectivity index (χ1) is 13.9. The van der Waals surface area contributed by atoms with Gasteiger partial charge in [0.15, 0.2) is 14.9 Å². The molecule has 1 aromatic carbocycles. The largest absolute Gasteiger partial charge is 0.477 e. The Labute approximate surface area is 168 Å². The van der Waals surface area contributed by atoms with Crippen molar-refractivity contribution in [1.82, 2.24) is 15.2 Å². The summed E-state index contributed by atoms with van der Waals surface area (Å²) < 4.78 is 29.1. The number of benzene rings is 1. The first-order valence-corrected chi connectivity index (χ1v) is 10.7. The number of sulfone groups is 1. The minimum absolute atomic E-state index is 0.0411. The van der Waals surface area contributed by atoms with Crippen LogP contribution in [0.25, 0.3) is 11.3 Å². The Hall–Kier alpha value is -3.33. The second-order valence-corrected chi connectivity index (χ2v) is 8.21. The number of amides is 1. The van der Waals surface area contributed by atoms with Crippen LogP contribution in [0.1, 0.15) is 24.2 Å². The number of pyridine rings is 1. The second kappa shape index (κ2) is 8.78. The van der Waals surface area contributed by atoms with E-state index in [2.05, 4.69) is 20.5 Å². The number of ether oxygens (including phenoxy) is 1. The van der Waals surface area contributed by atoms with E-state index in [-0.39, 0.29) is 22.6 Å². The van der Waals surface area contributed by atoms with Crippen LogP contribution in [0.4, 0.5) is 5.69 Å². The number of hydrogen-bond donors (Lipinski definition) is 1. The number of carbonyl (C=O) groups excluding carboxylic acids is 1. The molecule has 0 aliphatic carbocycles. The van der Waals surface area contributed by atoms with Gasteiger partial charge in [-0.2, -0.15) is 0 Å². The highest BCUT2D eigenvalue weighted by atomic mass is 32.2. The second-order valence-electron chi connectivity index (χ2n) is 5.98. The lowest BCUT2D eigenvalue weighted by molar-refractivity contribution is 0.102. The molecule has 29 heavy (non-hydrogen) atoms. The predicted octanol–water partition coefficient (Wildman–Crippen LogP) is 2.98. The normalized spacial score (nSPS) is 11.1. The summed E-state index contributed by atoms with van der Waals surface area (Å²) >= 11 is 0. The molecule has 0 saturated heterocycles. The van der Waals surface area contributed by atoms with Gasteiger partial charge in [-0.15, -0.1) is 10.2 Å². The molecule has 1 N–H and O–H groups in total. The van der Waals surface area contributed by atoms with E-state index in [1.54, 1.807) is 55.6 Å². The predicted molar refractivity (Wildman–Crippen MR) is 109 cm³/mol. The van der Waals surface area contributed by atoms with Gasteiger partial charge < -0.3 is 10.1 Å². The zero-order valence-corrected chi connectivity index (χ0v) is 16.8. The lowest BCUT2D eigenvalue weighted by Crippen LogP contribution is -2.14. The molecule has 1 amide bonds. The van der Waals surface area contributed by atoms with Gasteiger partial charge in [0.05, 0.1) is 18.1 Å². The summed E-state index contributed by atoms with van der Waals surface area (Å²) in [5.74, 6) is -0.128. The van der Waals surface area contributed by atoms with Gasteiger partial charge in [-0.1, -0.05) is 19.1 Å². The summed E-state index contributed by atoms with van der Waals surface area (Å²) in [5, 5.41) is 10.6. The summed E-state index contributed by atoms with van der Waals surface area (Å²) in [6, 6.07) is 13.3. The average molecular weight is 412 g/mol. The molecule has 2 heterocycles. The third kappa shape index (κ3) is 4.75. The Kier molecular flexibility index (Phi) is 6.18. The van der Waals surface area contributed by atoms with Gasteiger partial charge in [0.2, 0.25) is 5.88 Å². The molecule has 0 fully saturated rings. The van der Waals surface area contributed by atoms with E-state index in [0.29, 0.717) is 29.1 Å². The fraction of sp³-hybridized carbons (Fsp3) is 0.200. The van der Waals surface area contributed by atoms with E-state index in [0.717, 1.165) is 0 Å². The van der Waals surface area contributed by atoms with Crippen LogP contribution in [0.15, 0.2) is 59.8 Å². The van der Waals surface area contributed by atoms with Crippen LogP contribution in [0.3, 0.4) is 0 Å². The van der Waals surface area contributed by atoms with Crippen LogP contribution < -0.4 is 10.1 Å². The van der Waals surface area contributed by atoms with E-state index in [9.17, 15) is 13.2 Å². The highest BCUT2D eigenvalue weighted by Crippen LogP contribution is 2.23. The zero-order valence-electron chi connectivity index (χ0n) is 16.0. The van der Waals surface area contributed by atoms with Crippen LogP contribution in [0, 0.1) is 0 Å². The van der Waals surface area contributed by atoms with Crippen molar-refractivity contribution >= 4 is 21.4 Å². The van der Waals surface area contributed by atoms with Crippen molar-refractivity contribution < 1.29 is 17.9 Å². The fourth-order valence-electron chi connectivity index (χ4n) is 2.56. The van der Waals surface area contributed by atoms with Crippen LogP contribution in [-0.2, 0) is 9.84 Å². The Bertz CT molecular complexity index is 1120. The standard InChI is InChI=1S/C20H20N4O4S/c1-3-28-20-16(9-6-12-21-20)19(25)22-15-8-5-7-14(13-15)17-10-11-18(24-23-17)29(26,27)4-2/h5-13H,3-4H2,1-2H3,(H,22,25). The molecule has 8 nitrogen and oxygen atoms in total. The van der Waals surface area contributed by atoms with E-state index in [4.69, 9.17) is 4.74 Å². The van der Waals surface area contributed by atoms with Crippen molar-refractivity contribution in [3.05, 3.63) is 60.3 Å². The quantitative estimate of drug-likeness (QED) is 0.635. The molecule has 0 aliphatic heterocycles. The van der Waals surface area contributed by atoms with E-state index in [1.807, 2.05) is 6.92 Å². The molecular weight excluding hydrogens is 392 g/mol. The number of anilines is 1. The topological polar surface area (TPSA) is 111 Å². The van der Waals surface area contributed by atoms with Gasteiger partial charge in [0, 0.05) is 17.4 Å². The molecule has 0 saturated carbocycles. The molecule has 150 valence electrons. The van der Waals surface area contributed by atoms with Crippen LogP contribution in [-0.4, -0.2) is 41.9 Å². The lowest BCUT2D eigenvalue weighted by atomic mass is 10.1. The summed E-state index contributed by atoms with van der Waals surface area (Å²) in [4.78, 5) is 16.7. The number of rotatable bonds is 7. The summed E-state index contributed by atoms with van der Waals surface area (Å²) in [7, 11) is -3.41. The summed E-state index contributed by atoms with van der Waals surface area (Å²) in [6.07, 6.45) is 1.56. The third-order valence-electron chi connectivity index (χ3n) is 4.05. The molecule has 3 aromatic rings. The first-order valence-electron chi connectivity index (χ1n) is 9.00. The fourth-order valence-corrected chi connectivity index (χ4v) is 3.29. The van der Waals surface area contributed by atoms with E-state index >= 15 is 0 Å². The molecule has 0 unspecified atom stereocenters. The Morgan fingerprint density at radius 2 is 1.90 bits per heavy atom. The Morgan fingerprint density at radius 1 is 1.07 bits per heavy atom. The smallest absolute Gasteiger partial charge is 0.261 e. The maximum absolute atomic E-state index is 12.6. The minimum atomic E-state index is -3.41. The molecule has 0 atom stereocenters. The van der Waals surface area contributed by atoms with Crippen molar-refractivity contribution in [2.75, 3.05) is 17.7 Å². The molecule has 0 aliphatic rings. The average Bonchev–Trinajstić information content (AvgIpc) is 2.74. The molecule has 0 spiro atoms. The number of carbonyl (C=O) groups is 1. The Balaban J connectivity index is 1.82. The van der Waals surface area contributed by atoms with Gasteiger partial charge in [0.25, 0.3) is 5.91 Å². The van der Waals surface area contributed by atoms with Crippen molar-refractivity contribution in [3.8, 4) is 17.1 Å². The van der Waals surface area contributed by atoms with Crippen molar-refractivity contribution in [3.63, 3.8) is 0 Å². The first kappa shape index (κ1) is 20.4. The molecule has 9 heteroatoms. The molecule has 0 bridgehead atoms. The number of aromatic nitrogens is 3. The van der Waals surface area contributed by atoms with Gasteiger partial charge in [-0.3, -0.25) is 4.79 Å². The number of nitrogens with one attached hydrogen (secondary N) is 1. The molecule has 2 aromatic heterocycles. The summed E-state index contributed by atoms with van der Waals surface area (Å²) in [6.45, 7) is 3.77. The van der Waals surface area contributed by atoms with Crippen LogP contribution >= 0.6 is 0 Å². The maximum atomic E-state index is 12.6. The Morgan fingerprint density at radius 3 is 2.59 bits per heavy atom. The van der Waals surface area contributed by atoms with Gasteiger partial charge in [-0.25, -0.2) is 13.4 Å². The monoisotopic (exact) mass is 412 g/mol. The van der Waals surface area contributed by atoms with Crippen molar-refractivity contribution in [1.29, 1.82) is 0 Å². The summed E-state index contributed by atoms with van der Waals surface area (Å²) in [5.41, 5.74) is 2.05. The van der Waals surface area contributed by atoms with E-state index in [1.165, 1.54) is 6.07 Å². The lowest BCUT2D eigenvalue weighted by Gasteiger charge is -2.10. The maximum Gasteiger partial charge on any atom is 0.261 e. The van der Waals surface area contributed by atoms with E-state index < -0.39 is 9.84 Å².